The molecule has 2 rings (SSSR count). The molecular weight excluding hydrogens is 248 g/mol. The minimum atomic E-state index is 0.0753. The zero-order valence-corrected chi connectivity index (χ0v) is 11.2. The highest BCUT2D eigenvalue weighted by atomic mass is 32.1. The first kappa shape index (κ1) is 13.2. The van der Waals surface area contributed by atoms with Gasteiger partial charge in [0.2, 0.25) is 5.91 Å². The van der Waals surface area contributed by atoms with E-state index in [4.69, 9.17) is 0 Å². The van der Waals surface area contributed by atoms with E-state index in [2.05, 4.69) is 5.32 Å². The van der Waals surface area contributed by atoms with Crippen molar-refractivity contribution >= 4 is 23.0 Å². The topological polar surface area (TPSA) is 49.4 Å². The molecule has 2 heterocycles. The summed E-state index contributed by atoms with van der Waals surface area (Å²) in [5, 5.41) is 5.14. The fraction of sp³-hybridized carbons (Fsp3) is 0.538. The second-order valence-corrected chi connectivity index (χ2v) is 5.33. The van der Waals surface area contributed by atoms with Crippen LogP contribution in [0.5, 0.6) is 0 Å². The molecule has 0 radical (unpaired) electrons. The summed E-state index contributed by atoms with van der Waals surface area (Å²) < 4.78 is 0. The fourth-order valence-corrected chi connectivity index (χ4v) is 2.73. The van der Waals surface area contributed by atoms with Crippen molar-refractivity contribution in [2.24, 2.45) is 0 Å². The van der Waals surface area contributed by atoms with Crippen LogP contribution in [-0.2, 0) is 4.79 Å². The third-order valence-corrected chi connectivity index (χ3v) is 3.97. The monoisotopic (exact) mass is 266 g/mol. The first-order valence-electron chi connectivity index (χ1n) is 6.32. The van der Waals surface area contributed by atoms with Crippen LogP contribution in [0.25, 0.3) is 0 Å². The van der Waals surface area contributed by atoms with E-state index < -0.39 is 0 Å². The summed E-state index contributed by atoms with van der Waals surface area (Å²) in [5.41, 5.74) is 0. The fourth-order valence-electron chi connectivity index (χ4n) is 2.03. The van der Waals surface area contributed by atoms with Gasteiger partial charge in [-0.05, 0) is 24.4 Å². The molecule has 0 spiro atoms. The molecule has 1 saturated heterocycles. The molecule has 1 aromatic heterocycles. The van der Waals surface area contributed by atoms with E-state index in [0.29, 0.717) is 12.8 Å². The summed E-state index contributed by atoms with van der Waals surface area (Å²) >= 11 is 1.44. The smallest absolute Gasteiger partial charge is 0.223 e. The highest BCUT2D eigenvalue weighted by Gasteiger charge is 2.17. The van der Waals surface area contributed by atoms with Gasteiger partial charge in [0, 0.05) is 32.5 Å². The Kier molecular flexibility index (Phi) is 4.90. The number of nitrogens with zero attached hydrogens (tertiary/aromatic N) is 1. The van der Waals surface area contributed by atoms with E-state index in [1.54, 1.807) is 0 Å². The maximum atomic E-state index is 12.0. The van der Waals surface area contributed by atoms with Crippen LogP contribution >= 0.6 is 11.3 Å². The number of hydrogen-bond acceptors (Lipinski definition) is 4. The van der Waals surface area contributed by atoms with Gasteiger partial charge in [0.1, 0.15) is 0 Å². The molecule has 0 atom stereocenters. The van der Waals surface area contributed by atoms with Gasteiger partial charge in [0.25, 0.3) is 0 Å². The Morgan fingerprint density at radius 3 is 2.94 bits per heavy atom. The molecule has 1 aromatic rings. The normalized spacial score (nSPS) is 16.3. The van der Waals surface area contributed by atoms with Crippen molar-refractivity contribution in [1.29, 1.82) is 0 Å². The van der Waals surface area contributed by atoms with E-state index in [1.165, 1.54) is 11.3 Å². The van der Waals surface area contributed by atoms with E-state index in [1.807, 2.05) is 22.4 Å². The zero-order chi connectivity index (χ0) is 12.8. The number of carbonyl (C=O) groups excluding carboxylic acids is 2. The summed E-state index contributed by atoms with van der Waals surface area (Å²) in [6.07, 6.45) is 1.64. The van der Waals surface area contributed by atoms with Crippen molar-refractivity contribution in [3.05, 3.63) is 22.4 Å². The van der Waals surface area contributed by atoms with Crippen LogP contribution in [0.4, 0.5) is 0 Å². The van der Waals surface area contributed by atoms with Gasteiger partial charge in [-0.15, -0.1) is 11.3 Å². The highest BCUT2D eigenvalue weighted by molar-refractivity contribution is 7.12. The number of carbonyl (C=O) groups is 2. The average molecular weight is 266 g/mol. The number of amides is 1. The van der Waals surface area contributed by atoms with E-state index in [0.717, 1.165) is 37.5 Å². The molecule has 1 aliphatic heterocycles. The molecule has 0 aromatic carbocycles. The lowest BCUT2D eigenvalue weighted by atomic mass is 10.2. The molecule has 4 nitrogen and oxygen atoms in total. The SMILES string of the molecule is O=C(CCC(=O)N1CCCNCC1)c1cccs1. The lowest BCUT2D eigenvalue weighted by Crippen LogP contribution is -2.34. The lowest BCUT2D eigenvalue weighted by molar-refractivity contribution is -0.130. The minimum absolute atomic E-state index is 0.0753. The quantitative estimate of drug-likeness (QED) is 0.841. The largest absolute Gasteiger partial charge is 0.341 e. The van der Waals surface area contributed by atoms with Crippen molar-refractivity contribution in [2.75, 3.05) is 26.2 Å². The number of ketones is 1. The summed E-state index contributed by atoms with van der Waals surface area (Å²) in [7, 11) is 0. The highest BCUT2D eigenvalue weighted by Crippen LogP contribution is 2.13. The molecule has 1 N–H and O–H groups in total. The van der Waals surface area contributed by atoms with Gasteiger partial charge in [0.15, 0.2) is 5.78 Å². The van der Waals surface area contributed by atoms with Gasteiger partial charge in [-0.25, -0.2) is 0 Å². The second kappa shape index (κ2) is 6.66. The Morgan fingerprint density at radius 1 is 1.28 bits per heavy atom. The Bertz CT molecular complexity index is 395. The van der Waals surface area contributed by atoms with Crippen LogP contribution < -0.4 is 5.32 Å². The molecule has 0 saturated carbocycles. The molecule has 5 heteroatoms. The van der Waals surface area contributed by atoms with Crippen molar-refractivity contribution in [1.82, 2.24) is 10.2 Å². The predicted molar refractivity (Wildman–Crippen MR) is 72.0 cm³/mol. The Balaban J connectivity index is 1.78. The molecule has 1 amide bonds. The number of nitrogens with one attached hydrogen (secondary N) is 1. The van der Waals surface area contributed by atoms with Gasteiger partial charge in [-0.2, -0.15) is 0 Å². The van der Waals surface area contributed by atoms with Crippen LogP contribution in [0.2, 0.25) is 0 Å². The third-order valence-electron chi connectivity index (χ3n) is 3.05. The van der Waals surface area contributed by atoms with Crippen molar-refractivity contribution in [2.45, 2.75) is 19.3 Å². The Labute approximate surface area is 111 Å². The van der Waals surface area contributed by atoms with Gasteiger partial charge in [-0.1, -0.05) is 6.07 Å². The first-order valence-corrected chi connectivity index (χ1v) is 7.20. The third kappa shape index (κ3) is 3.65. The van der Waals surface area contributed by atoms with E-state index >= 15 is 0 Å². The van der Waals surface area contributed by atoms with Gasteiger partial charge >= 0.3 is 0 Å². The summed E-state index contributed by atoms with van der Waals surface area (Å²) in [6, 6.07) is 3.67. The van der Waals surface area contributed by atoms with Crippen LogP contribution in [0.3, 0.4) is 0 Å². The summed E-state index contributed by atoms with van der Waals surface area (Å²) in [5.74, 6) is 0.176. The average Bonchev–Trinajstić information content (AvgIpc) is 2.78. The molecular formula is C13H18N2O2S. The summed E-state index contributed by atoms with van der Waals surface area (Å²) in [4.78, 5) is 26.4. The molecule has 0 unspecified atom stereocenters. The number of Topliss-reactive ketones (excluding diaryl/α,β-unsaturated/α-hetero) is 1. The zero-order valence-electron chi connectivity index (χ0n) is 10.4. The molecule has 1 aliphatic rings. The van der Waals surface area contributed by atoms with E-state index in [-0.39, 0.29) is 11.7 Å². The van der Waals surface area contributed by atoms with Crippen molar-refractivity contribution in [3.63, 3.8) is 0 Å². The lowest BCUT2D eigenvalue weighted by Gasteiger charge is -2.19. The number of rotatable bonds is 4. The Morgan fingerprint density at radius 2 is 2.17 bits per heavy atom. The van der Waals surface area contributed by atoms with Crippen molar-refractivity contribution < 1.29 is 9.59 Å². The summed E-state index contributed by atoms with van der Waals surface area (Å²) in [6.45, 7) is 3.38. The van der Waals surface area contributed by atoms with Crippen LogP contribution in [0, 0.1) is 0 Å². The second-order valence-electron chi connectivity index (χ2n) is 4.38. The van der Waals surface area contributed by atoms with Crippen LogP contribution in [-0.4, -0.2) is 42.8 Å². The maximum Gasteiger partial charge on any atom is 0.223 e. The van der Waals surface area contributed by atoms with Crippen LogP contribution in [0.1, 0.15) is 28.9 Å². The molecule has 98 valence electrons. The maximum absolute atomic E-state index is 12.0. The van der Waals surface area contributed by atoms with Gasteiger partial charge in [0.05, 0.1) is 4.88 Å². The van der Waals surface area contributed by atoms with Crippen LogP contribution in [0.15, 0.2) is 17.5 Å². The van der Waals surface area contributed by atoms with Gasteiger partial charge < -0.3 is 10.2 Å². The Hall–Kier alpha value is -1.20. The number of thiophene rings is 1. The number of hydrogen-bond donors (Lipinski definition) is 1. The molecule has 0 bridgehead atoms. The van der Waals surface area contributed by atoms with Crippen molar-refractivity contribution in [3.8, 4) is 0 Å². The molecule has 0 aliphatic carbocycles. The van der Waals surface area contributed by atoms with Gasteiger partial charge in [-0.3, -0.25) is 9.59 Å². The molecule has 1 fully saturated rings. The standard InChI is InChI=1S/C13H18N2O2S/c16-11(12-3-1-10-18-12)4-5-13(17)15-8-2-6-14-7-9-15/h1,3,10,14H,2,4-9H2. The minimum Gasteiger partial charge on any atom is -0.341 e. The first-order chi connectivity index (χ1) is 8.77. The molecule has 18 heavy (non-hydrogen) atoms. The predicted octanol–water partition coefficient (Wildman–Crippen LogP) is 1.53. The van der Waals surface area contributed by atoms with E-state index in [9.17, 15) is 9.59 Å².